The van der Waals surface area contributed by atoms with E-state index in [0.717, 1.165) is 5.52 Å². The first-order valence-electron chi connectivity index (χ1n) is 5.07. The van der Waals surface area contributed by atoms with Crippen LogP contribution in [-0.4, -0.2) is 4.98 Å². The van der Waals surface area contributed by atoms with Crippen LogP contribution in [0.2, 0.25) is 0 Å². The maximum Gasteiger partial charge on any atom is 0.0819 e. The molecule has 0 bridgehead atoms. The van der Waals surface area contributed by atoms with Gasteiger partial charge in [-0.1, -0.05) is 18.2 Å². The Balaban J connectivity index is 2.42. The molecule has 76 valence electrons. The third-order valence-electron chi connectivity index (χ3n) is 2.84. The lowest BCUT2D eigenvalue weighted by Crippen LogP contribution is -1.68. The zero-order valence-corrected chi connectivity index (χ0v) is 9.94. The summed E-state index contributed by atoms with van der Waals surface area (Å²) in [5.41, 5.74) is 3.04. The Bertz CT molecular complexity index is 810. The van der Waals surface area contributed by atoms with Gasteiger partial charge in [0.2, 0.25) is 0 Å². The third-order valence-corrected chi connectivity index (χ3v) is 4.83. The molecule has 16 heavy (non-hydrogen) atoms. The van der Waals surface area contributed by atoms with Crippen molar-refractivity contribution >= 4 is 53.1 Å². The SMILES string of the molecule is c1ccc2c(c1)sc1ccc3ncsc3c12. The van der Waals surface area contributed by atoms with Crippen molar-refractivity contribution in [2.45, 2.75) is 0 Å². The summed E-state index contributed by atoms with van der Waals surface area (Å²) in [5, 5.41) is 2.73. The highest BCUT2D eigenvalue weighted by Gasteiger charge is 2.09. The number of hydrogen-bond donors (Lipinski definition) is 0. The van der Waals surface area contributed by atoms with Crippen molar-refractivity contribution in [1.82, 2.24) is 4.98 Å². The number of aromatic nitrogens is 1. The van der Waals surface area contributed by atoms with E-state index in [2.05, 4.69) is 41.4 Å². The van der Waals surface area contributed by atoms with Crippen molar-refractivity contribution in [3.8, 4) is 0 Å². The maximum absolute atomic E-state index is 4.38. The van der Waals surface area contributed by atoms with Crippen LogP contribution in [-0.2, 0) is 0 Å². The standard InChI is InChI=1S/C13H7NS2/c1-2-4-10-8(3-1)12-11(16-10)6-5-9-13(12)15-7-14-9/h1-7H. The van der Waals surface area contributed by atoms with Crippen LogP contribution in [0.15, 0.2) is 41.9 Å². The zero-order valence-electron chi connectivity index (χ0n) is 8.31. The van der Waals surface area contributed by atoms with Crippen LogP contribution < -0.4 is 0 Å². The molecule has 0 unspecified atom stereocenters. The summed E-state index contributed by atoms with van der Waals surface area (Å²) in [5.74, 6) is 0. The smallest absolute Gasteiger partial charge is 0.0819 e. The first-order chi connectivity index (χ1) is 7.93. The van der Waals surface area contributed by atoms with E-state index in [1.54, 1.807) is 11.3 Å². The highest BCUT2D eigenvalue weighted by molar-refractivity contribution is 7.27. The highest BCUT2D eigenvalue weighted by Crippen LogP contribution is 2.39. The fraction of sp³-hybridized carbons (Fsp3) is 0. The van der Waals surface area contributed by atoms with Crippen LogP contribution in [0, 0.1) is 0 Å². The number of benzene rings is 2. The van der Waals surface area contributed by atoms with Crippen molar-refractivity contribution in [3.63, 3.8) is 0 Å². The van der Waals surface area contributed by atoms with E-state index in [9.17, 15) is 0 Å². The van der Waals surface area contributed by atoms with Crippen LogP contribution in [0.5, 0.6) is 0 Å². The van der Waals surface area contributed by atoms with E-state index in [1.807, 2.05) is 16.8 Å². The number of thiophene rings is 1. The van der Waals surface area contributed by atoms with Crippen molar-refractivity contribution in [3.05, 3.63) is 41.9 Å². The van der Waals surface area contributed by atoms with Crippen molar-refractivity contribution in [1.29, 1.82) is 0 Å². The highest BCUT2D eigenvalue weighted by atomic mass is 32.1. The van der Waals surface area contributed by atoms with Gasteiger partial charge in [-0.2, -0.15) is 0 Å². The lowest BCUT2D eigenvalue weighted by atomic mass is 10.1. The van der Waals surface area contributed by atoms with E-state index < -0.39 is 0 Å². The van der Waals surface area contributed by atoms with Crippen LogP contribution in [0.1, 0.15) is 0 Å². The van der Waals surface area contributed by atoms with Crippen molar-refractivity contribution < 1.29 is 0 Å². The number of fused-ring (bicyclic) bond motifs is 5. The molecule has 2 aromatic heterocycles. The van der Waals surface area contributed by atoms with E-state index in [1.165, 1.54) is 24.9 Å². The Kier molecular flexibility index (Phi) is 1.64. The molecule has 0 aliphatic carbocycles. The van der Waals surface area contributed by atoms with Gasteiger partial charge in [-0.3, -0.25) is 0 Å². The molecule has 2 heterocycles. The summed E-state index contributed by atoms with van der Waals surface area (Å²) in [6.45, 7) is 0. The Labute approximate surface area is 100.0 Å². The molecule has 4 aromatic rings. The van der Waals surface area contributed by atoms with Gasteiger partial charge < -0.3 is 0 Å². The predicted molar refractivity (Wildman–Crippen MR) is 72.5 cm³/mol. The Morgan fingerprint density at radius 1 is 0.938 bits per heavy atom. The van der Waals surface area contributed by atoms with Crippen LogP contribution >= 0.6 is 22.7 Å². The minimum Gasteiger partial charge on any atom is -0.245 e. The summed E-state index contributed by atoms with van der Waals surface area (Å²) in [7, 11) is 0. The molecule has 0 radical (unpaired) electrons. The molecule has 3 heteroatoms. The molecule has 2 aromatic carbocycles. The number of nitrogens with zero attached hydrogens (tertiary/aromatic N) is 1. The average molecular weight is 241 g/mol. The second-order valence-electron chi connectivity index (χ2n) is 3.74. The summed E-state index contributed by atoms with van der Waals surface area (Å²) >= 11 is 3.59. The van der Waals surface area contributed by atoms with Crippen LogP contribution in [0.3, 0.4) is 0 Å². The fourth-order valence-corrected chi connectivity index (χ4v) is 4.16. The Morgan fingerprint density at radius 2 is 1.88 bits per heavy atom. The molecule has 0 fully saturated rings. The van der Waals surface area contributed by atoms with Crippen LogP contribution in [0.25, 0.3) is 30.4 Å². The van der Waals surface area contributed by atoms with Gasteiger partial charge in [0.05, 0.1) is 15.7 Å². The molecule has 0 spiro atoms. The molecule has 0 N–H and O–H groups in total. The molecule has 0 aliphatic rings. The summed E-state index contributed by atoms with van der Waals surface area (Å²) in [6, 6.07) is 12.9. The van der Waals surface area contributed by atoms with E-state index in [0.29, 0.717) is 0 Å². The van der Waals surface area contributed by atoms with Crippen LogP contribution in [0.4, 0.5) is 0 Å². The Hall–Kier alpha value is -1.45. The molecule has 0 amide bonds. The number of rotatable bonds is 0. The fourth-order valence-electron chi connectivity index (χ4n) is 2.13. The first-order valence-corrected chi connectivity index (χ1v) is 6.76. The molecule has 4 rings (SSSR count). The van der Waals surface area contributed by atoms with E-state index in [-0.39, 0.29) is 0 Å². The first kappa shape index (κ1) is 8.67. The molecule has 0 aliphatic heterocycles. The lowest BCUT2D eigenvalue weighted by molar-refractivity contribution is 1.51. The lowest BCUT2D eigenvalue weighted by Gasteiger charge is -1.92. The molecule has 0 atom stereocenters. The van der Waals surface area contributed by atoms with E-state index in [4.69, 9.17) is 0 Å². The van der Waals surface area contributed by atoms with Gasteiger partial charge in [0, 0.05) is 20.2 Å². The minimum absolute atomic E-state index is 1.11. The van der Waals surface area contributed by atoms with Crippen molar-refractivity contribution in [2.75, 3.05) is 0 Å². The number of hydrogen-bond acceptors (Lipinski definition) is 3. The normalized spacial score (nSPS) is 11.8. The molecule has 0 saturated heterocycles. The largest absolute Gasteiger partial charge is 0.245 e. The second kappa shape index (κ2) is 3.03. The monoisotopic (exact) mass is 241 g/mol. The van der Waals surface area contributed by atoms with Crippen molar-refractivity contribution in [2.24, 2.45) is 0 Å². The molecule has 1 nitrogen and oxygen atoms in total. The van der Waals surface area contributed by atoms with Gasteiger partial charge in [0.15, 0.2) is 0 Å². The van der Waals surface area contributed by atoms with Gasteiger partial charge in [-0.05, 0) is 18.2 Å². The van der Waals surface area contributed by atoms with Gasteiger partial charge in [0.25, 0.3) is 0 Å². The minimum atomic E-state index is 1.11. The quantitative estimate of drug-likeness (QED) is 0.436. The van der Waals surface area contributed by atoms with Gasteiger partial charge in [-0.25, -0.2) is 4.98 Å². The van der Waals surface area contributed by atoms with Gasteiger partial charge in [-0.15, -0.1) is 22.7 Å². The predicted octanol–water partition coefficient (Wildman–Crippen LogP) is 4.66. The topological polar surface area (TPSA) is 12.9 Å². The zero-order chi connectivity index (χ0) is 10.5. The number of thiazole rings is 1. The van der Waals surface area contributed by atoms with Gasteiger partial charge in [0.1, 0.15) is 0 Å². The second-order valence-corrected chi connectivity index (χ2v) is 5.68. The molecular weight excluding hydrogens is 234 g/mol. The summed E-state index contributed by atoms with van der Waals surface area (Å²) < 4.78 is 4.03. The average Bonchev–Trinajstić information content (AvgIpc) is 2.91. The Morgan fingerprint density at radius 3 is 2.88 bits per heavy atom. The van der Waals surface area contributed by atoms with E-state index >= 15 is 0 Å². The summed E-state index contributed by atoms with van der Waals surface area (Å²) in [4.78, 5) is 4.38. The molecule has 0 saturated carbocycles. The maximum atomic E-state index is 4.38. The third kappa shape index (κ3) is 1.02. The summed E-state index contributed by atoms with van der Waals surface area (Å²) in [6.07, 6.45) is 0. The van der Waals surface area contributed by atoms with Gasteiger partial charge >= 0.3 is 0 Å². The molecular formula is C13H7NS2.